The van der Waals surface area contributed by atoms with Crippen LogP contribution >= 0.6 is 23.2 Å². The van der Waals surface area contributed by atoms with Crippen molar-refractivity contribution in [2.24, 2.45) is 11.0 Å². The Morgan fingerprint density at radius 1 is 0.946 bits per heavy atom. The average molecular weight is 562 g/mol. The zero-order valence-electron chi connectivity index (χ0n) is 20.2. The van der Waals surface area contributed by atoms with Gasteiger partial charge in [-0.05, 0) is 73.0 Å². The van der Waals surface area contributed by atoms with E-state index in [2.05, 4.69) is 15.2 Å². The first kappa shape index (κ1) is 28.3. The summed E-state index contributed by atoms with van der Waals surface area (Å²) in [5.74, 6) is -1.24. The fourth-order valence-corrected chi connectivity index (χ4v) is 4.74. The SMILES string of the molecule is Cc1ccc(S(=O)(=O)N[C@@H](C(=O)N/N=C\c2ccc(OC(=O)c3ccc(Cl)c(Cl)c3)cc2)C(C)C)cc1. The molecule has 11 heteroatoms. The van der Waals surface area contributed by atoms with Crippen molar-refractivity contribution in [3.63, 3.8) is 0 Å². The molecule has 0 spiro atoms. The maximum absolute atomic E-state index is 12.7. The summed E-state index contributed by atoms with van der Waals surface area (Å²) in [7, 11) is -3.90. The lowest BCUT2D eigenvalue weighted by molar-refractivity contribution is -0.123. The molecule has 0 aliphatic rings. The van der Waals surface area contributed by atoms with Gasteiger partial charge in [0.1, 0.15) is 11.8 Å². The summed E-state index contributed by atoms with van der Waals surface area (Å²) in [6.45, 7) is 5.30. The van der Waals surface area contributed by atoms with Crippen LogP contribution in [0.2, 0.25) is 10.0 Å². The van der Waals surface area contributed by atoms with Crippen molar-refractivity contribution in [3.05, 3.63) is 93.5 Å². The Morgan fingerprint density at radius 3 is 2.19 bits per heavy atom. The largest absolute Gasteiger partial charge is 0.423 e. The second kappa shape index (κ2) is 12.3. The van der Waals surface area contributed by atoms with Crippen LogP contribution in [0.15, 0.2) is 76.7 Å². The molecule has 0 aliphatic carbocycles. The van der Waals surface area contributed by atoms with E-state index in [0.29, 0.717) is 16.3 Å². The number of ether oxygens (including phenoxy) is 1. The molecule has 0 radical (unpaired) electrons. The standard InChI is InChI=1S/C26H25Cl2N3O5S/c1-16(2)24(31-37(34,35)21-11-4-17(3)5-12-21)25(32)30-29-15-18-6-9-20(10-7-18)36-26(33)19-8-13-22(27)23(28)14-19/h4-16,24,31H,1-3H3,(H,30,32)/b29-15-/t24-/m1/s1. The molecule has 0 saturated carbocycles. The van der Waals surface area contributed by atoms with Gasteiger partial charge < -0.3 is 4.74 Å². The van der Waals surface area contributed by atoms with Gasteiger partial charge in [0.05, 0.1) is 26.7 Å². The number of hydrogen-bond acceptors (Lipinski definition) is 6. The van der Waals surface area contributed by atoms with E-state index in [0.717, 1.165) is 5.56 Å². The van der Waals surface area contributed by atoms with Crippen LogP contribution in [0.4, 0.5) is 0 Å². The maximum atomic E-state index is 12.7. The number of hydrogen-bond donors (Lipinski definition) is 2. The lowest BCUT2D eigenvalue weighted by Crippen LogP contribution is -2.48. The Labute approximate surface area is 225 Å². The molecule has 0 fully saturated rings. The number of benzene rings is 3. The van der Waals surface area contributed by atoms with Crippen molar-refractivity contribution < 1.29 is 22.7 Å². The number of rotatable bonds is 9. The van der Waals surface area contributed by atoms with Crippen LogP contribution in [-0.2, 0) is 14.8 Å². The van der Waals surface area contributed by atoms with Gasteiger partial charge in [-0.25, -0.2) is 18.6 Å². The van der Waals surface area contributed by atoms with Crippen LogP contribution < -0.4 is 14.9 Å². The third kappa shape index (κ3) is 7.87. The van der Waals surface area contributed by atoms with Crippen LogP contribution in [0.1, 0.15) is 35.3 Å². The topological polar surface area (TPSA) is 114 Å². The highest BCUT2D eigenvalue weighted by Gasteiger charge is 2.28. The predicted molar refractivity (Wildman–Crippen MR) is 144 cm³/mol. The van der Waals surface area contributed by atoms with Gasteiger partial charge in [-0.15, -0.1) is 0 Å². The maximum Gasteiger partial charge on any atom is 0.343 e. The molecule has 8 nitrogen and oxygen atoms in total. The fraction of sp³-hybridized carbons (Fsp3) is 0.192. The number of amides is 1. The van der Waals surface area contributed by atoms with Crippen molar-refractivity contribution in [2.75, 3.05) is 0 Å². The molecule has 37 heavy (non-hydrogen) atoms. The average Bonchev–Trinajstić information content (AvgIpc) is 2.85. The Kier molecular flexibility index (Phi) is 9.45. The number of carbonyl (C=O) groups is 2. The van der Waals surface area contributed by atoms with E-state index in [4.69, 9.17) is 27.9 Å². The molecule has 3 aromatic rings. The van der Waals surface area contributed by atoms with Gasteiger partial charge in [-0.3, -0.25) is 4.79 Å². The summed E-state index contributed by atoms with van der Waals surface area (Å²) >= 11 is 11.8. The number of halogens is 2. The Hall–Kier alpha value is -3.24. The number of carbonyl (C=O) groups excluding carboxylic acids is 2. The fourth-order valence-electron chi connectivity index (χ4n) is 3.10. The van der Waals surface area contributed by atoms with Gasteiger partial charge in [-0.1, -0.05) is 54.7 Å². The van der Waals surface area contributed by atoms with Gasteiger partial charge in [0.2, 0.25) is 10.0 Å². The molecule has 0 aliphatic heterocycles. The van der Waals surface area contributed by atoms with Crippen molar-refractivity contribution in [1.29, 1.82) is 0 Å². The zero-order chi connectivity index (χ0) is 27.2. The first-order chi connectivity index (χ1) is 17.5. The van der Waals surface area contributed by atoms with Crippen LogP contribution in [0.3, 0.4) is 0 Å². The van der Waals surface area contributed by atoms with E-state index in [1.165, 1.54) is 36.5 Å². The molecular weight excluding hydrogens is 537 g/mol. The van der Waals surface area contributed by atoms with Crippen LogP contribution in [0.5, 0.6) is 5.75 Å². The Bertz CT molecular complexity index is 1410. The molecular formula is C26H25Cl2N3O5S. The van der Waals surface area contributed by atoms with Crippen molar-refractivity contribution in [1.82, 2.24) is 10.1 Å². The van der Waals surface area contributed by atoms with Crippen molar-refractivity contribution in [2.45, 2.75) is 31.7 Å². The smallest absolute Gasteiger partial charge is 0.343 e. The second-order valence-electron chi connectivity index (χ2n) is 8.48. The Morgan fingerprint density at radius 2 is 1.59 bits per heavy atom. The number of esters is 1. The predicted octanol–water partition coefficient (Wildman–Crippen LogP) is 4.97. The zero-order valence-corrected chi connectivity index (χ0v) is 22.6. The number of hydrazone groups is 1. The minimum absolute atomic E-state index is 0.0694. The highest BCUT2D eigenvalue weighted by atomic mass is 35.5. The van der Waals surface area contributed by atoms with Gasteiger partial charge in [0, 0.05) is 0 Å². The second-order valence-corrected chi connectivity index (χ2v) is 11.0. The van der Waals surface area contributed by atoms with Crippen LogP contribution in [0.25, 0.3) is 0 Å². The first-order valence-electron chi connectivity index (χ1n) is 11.2. The van der Waals surface area contributed by atoms with Gasteiger partial charge >= 0.3 is 5.97 Å². The lowest BCUT2D eigenvalue weighted by Gasteiger charge is -2.20. The van der Waals surface area contributed by atoms with Crippen LogP contribution in [-0.4, -0.2) is 32.6 Å². The van der Waals surface area contributed by atoms with Crippen LogP contribution in [0, 0.1) is 12.8 Å². The monoisotopic (exact) mass is 561 g/mol. The van der Waals surface area contributed by atoms with Gasteiger partial charge in [-0.2, -0.15) is 9.82 Å². The summed E-state index contributed by atoms with van der Waals surface area (Å²) < 4.78 is 33.2. The molecule has 3 aromatic carbocycles. The molecule has 0 saturated heterocycles. The van der Waals surface area contributed by atoms with E-state index in [1.54, 1.807) is 50.2 Å². The number of nitrogens with zero attached hydrogens (tertiary/aromatic N) is 1. The molecule has 0 unspecified atom stereocenters. The number of nitrogens with one attached hydrogen (secondary N) is 2. The number of sulfonamides is 1. The van der Waals surface area contributed by atoms with Crippen molar-refractivity contribution in [3.8, 4) is 5.75 Å². The minimum Gasteiger partial charge on any atom is -0.423 e. The summed E-state index contributed by atoms with van der Waals surface area (Å²) in [4.78, 5) is 25.0. The number of aryl methyl sites for hydroxylation is 1. The normalized spacial score (nSPS) is 12.5. The molecule has 194 valence electrons. The highest BCUT2D eigenvalue weighted by Crippen LogP contribution is 2.23. The third-order valence-corrected chi connectivity index (χ3v) is 7.39. The van der Waals surface area contributed by atoms with E-state index < -0.39 is 27.9 Å². The highest BCUT2D eigenvalue weighted by molar-refractivity contribution is 7.89. The van der Waals surface area contributed by atoms with Gasteiger partial charge in [0.25, 0.3) is 5.91 Å². The molecule has 3 rings (SSSR count). The first-order valence-corrected chi connectivity index (χ1v) is 13.4. The van der Waals surface area contributed by atoms with Gasteiger partial charge in [0.15, 0.2) is 0 Å². The summed E-state index contributed by atoms with van der Waals surface area (Å²) in [5.41, 5.74) is 4.15. The molecule has 1 atom stereocenters. The van der Waals surface area contributed by atoms with E-state index >= 15 is 0 Å². The van der Waals surface area contributed by atoms with E-state index in [9.17, 15) is 18.0 Å². The molecule has 0 heterocycles. The van der Waals surface area contributed by atoms with Crippen molar-refractivity contribution >= 4 is 51.3 Å². The molecule has 2 N–H and O–H groups in total. The minimum atomic E-state index is -3.90. The molecule has 1 amide bonds. The molecule has 0 aromatic heterocycles. The molecule has 0 bridgehead atoms. The van der Waals surface area contributed by atoms with E-state index in [1.807, 2.05) is 6.92 Å². The summed E-state index contributed by atoms with van der Waals surface area (Å²) in [6.07, 6.45) is 1.38. The lowest BCUT2D eigenvalue weighted by atomic mass is 10.1. The summed E-state index contributed by atoms with van der Waals surface area (Å²) in [6, 6.07) is 16.1. The summed E-state index contributed by atoms with van der Waals surface area (Å²) in [5, 5.41) is 4.49. The quantitative estimate of drug-likeness (QED) is 0.165. The Balaban J connectivity index is 1.60. The third-order valence-electron chi connectivity index (χ3n) is 5.20. The van der Waals surface area contributed by atoms with E-state index in [-0.39, 0.29) is 21.4 Å².